The van der Waals surface area contributed by atoms with Crippen LogP contribution in [0.15, 0.2) is 36.4 Å². The molecule has 0 saturated heterocycles. The number of hydrogen-bond acceptors (Lipinski definition) is 3. The van der Waals surface area contributed by atoms with E-state index in [2.05, 4.69) is 5.32 Å². The number of amides is 1. The van der Waals surface area contributed by atoms with Crippen molar-refractivity contribution >= 4 is 17.3 Å². The van der Waals surface area contributed by atoms with Crippen LogP contribution in [0.5, 0.6) is 5.75 Å². The fourth-order valence-electron chi connectivity index (χ4n) is 1.73. The lowest BCUT2D eigenvalue weighted by atomic mass is 10.1. The number of halogens is 1. The van der Waals surface area contributed by atoms with Crippen LogP contribution in [0.2, 0.25) is 0 Å². The number of anilines is 2. The first-order valence-electron chi connectivity index (χ1n) is 6.02. The molecule has 0 aliphatic heterocycles. The molecule has 0 heterocycles. The third-order valence-electron chi connectivity index (χ3n) is 2.95. The standard InChI is InChI=1S/C15H15FN2O2/c1-9-3-5-11(8-13(9)17)18-15(19)10-4-6-14(20-2)12(16)7-10/h3-8H,17H2,1-2H3,(H,18,19). The summed E-state index contributed by atoms with van der Waals surface area (Å²) in [4.78, 5) is 12.0. The number of rotatable bonds is 3. The Hall–Kier alpha value is -2.56. The van der Waals surface area contributed by atoms with Gasteiger partial charge in [-0.2, -0.15) is 0 Å². The third kappa shape index (κ3) is 2.88. The number of nitrogens with two attached hydrogens (primary N) is 1. The topological polar surface area (TPSA) is 64.3 Å². The number of ether oxygens (including phenoxy) is 1. The van der Waals surface area contributed by atoms with Crippen molar-refractivity contribution in [1.29, 1.82) is 0 Å². The zero-order valence-corrected chi connectivity index (χ0v) is 11.2. The quantitative estimate of drug-likeness (QED) is 0.846. The zero-order chi connectivity index (χ0) is 14.7. The molecule has 0 aliphatic carbocycles. The highest BCUT2D eigenvalue weighted by Crippen LogP contribution is 2.20. The van der Waals surface area contributed by atoms with Crippen LogP contribution in [0.1, 0.15) is 15.9 Å². The summed E-state index contributed by atoms with van der Waals surface area (Å²) in [5.41, 5.74) is 8.06. The van der Waals surface area contributed by atoms with Crippen LogP contribution in [0.3, 0.4) is 0 Å². The van der Waals surface area contributed by atoms with Gasteiger partial charge in [0.05, 0.1) is 7.11 Å². The van der Waals surface area contributed by atoms with Crippen molar-refractivity contribution in [3.8, 4) is 5.75 Å². The minimum absolute atomic E-state index is 0.0983. The Bertz CT molecular complexity index is 656. The number of carbonyl (C=O) groups excluding carboxylic acids is 1. The fraction of sp³-hybridized carbons (Fsp3) is 0.133. The molecule has 0 radical (unpaired) electrons. The van der Waals surface area contributed by atoms with E-state index < -0.39 is 11.7 Å². The molecular weight excluding hydrogens is 259 g/mol. The predicted octanol–water partition coefficient (Wildman–Crippen LogP) is 2.98. The first-order valence-corrected chi connectivity index (χ1v) is 6.02. The number of benzene rings is 2. The van der Waals surface area contributed by atoms with Crippen molar-refractivity contribution in [2.45, 2.75) is 6.92 Å². The number of nitrogens with one attached hydrogen (secondary N) is 1. The third-order valence-corrected chi connectivity index (χ3v) is 2.95. The molecule has 2 aromatic carbocycles. The van der Waals surface area contributed by atoms with Gasteiger partial charge < -0.3 is 15.8 Å². The van der Waals surface area contributed by atoms with Crippen LogP contribution in [0.25, 0.3) is 0 Å². The minimum atomic E-state index is -0.580. The fourth-order valence-corrected chi connectivity index (χ4v) is 1.73. The van der Waals surface area contributed by atoms with Crippen LogP contribution < -0.4 is 15.8 Å². The highest BCUT2D eigenvalue weighted by atomic mass is 19.1. The van der Waals surface area contributed by atoms with E-state index in [1.165, 1.54) is 19.2 Å². The van der Waals surface area contributed by atoms with Gasteiger partial charge in [-0.15, -0.1) is 0 Å². The molecule has 1 amide bonds. The summed E-state index contributed by atoms with van der Waals surface area (Å²) in [6.45, 7) is 1.87. The average molecular weight is 274 g/mol. The summed E-state index contributed by atoms with van der Waals surface area (Å²) in [6, 6.07) is 9.24. The molecule has 0 spiro atoms. The molecule has 0 bridgehead atoms. The Morgan fingerprint density at radius 1 is 1.25 bits per heavy atom. The summed E-state index contributed by atoms with van der Waals surface area (Å²) in [5.74, 6) is -0.889. The van der Waals surface area contributed by atoms with E-state index in [1.54, 1.807) is 18.2 Å². The lowest BCUT2D eigenvalue weighted by Crippen LogP contribution is -2.12. The molecule has 0 aliphatic rings. The molecule has 2 aromatic rings. The summed E-state index contributed by atoms with van der Waals surface area (Å²) in [5, 5.41) is 2.66. The maximum Gasteiger partial charge on any atom is 0.255 e. The van der Waals surface area contributed by atoms with Crippen molar-refractivity contribution in [3.05, 3.63) is 53.3 Å². The molecule has 0 unspecified atom stereocenters. The van der Waals surface area contributed by atoms with Gasteiger partial charge in [-0.05, 0) is 42.8 Å². The van der Waals surface area contributed by atoms with Crippen LogP contribution in [0, 0.1) is 12.7 Å². The van der Waals surface area contributed by atoms with Crippen LogP contribution >= 0.6 is 0 Å². The number of carbonyl (C=O) groups is 1. The van der Waals surface area contributed by atoms with Crippen molar-refractivity contribution < 1.29 is 13.9 Å². The summed E-state index contributed by atoms with van der Waals surface area (Å²) >= 11 is 0. The Morgan fingerprint density at radius 2 is 2.00 bits per heavy atom. The SMILES string of the molecule is COc1ccc(C(=O)Nc2ccc(C)c(N)c2)cc1F. The minimum Gasteiger partial charge on any atom is -0.494 e. The number of methoxy groups -OCH3 is 1. The Labute approximate surface area is 116 Å². The summed E-state index contributed by atoms with van der Waals surface area (Å²) < 4.78 is 18.3. The number of aryl methyl sites for hydroxylation is 1. The normalized spacial score (nSPS) is 10.2. The van der Waals surface area contributed by atoms with Gasteiger partial charge in [0, 0.05) is 16.9 Å². The molecule has 5 heteroatoms. The van der Waals surface area contributed by atoms with Gasteiger partial charge >= 0.3 is 0 Å². The van der Waals surface area contributed by atoms with E-state index in [1.807, 2.05) is 6.92 Å². The number of hydrogen-bond donors (Lipinski definition) is 2. The van der Waals surface area contributed by atoms with E-state index in [-0.39, 0.29) is 11.3 Å². The molecule has 20 heavy (non-hydrogen) atoms. The zero-order valence-electron chi connectivity index (χ0n) is 11.2. The van der Waals surface area contributed by atoms with Gasteiger partial charge in [-0.1, -0.05) is 6.07 Å². The lowest BCUT2D eigenvalue weighted by molar-refractivity contribution is 0.102. The summed E-state index contributed by atoms with van der Waals surface area (Å²) in [7, 11) is 1.37. The molecule has 3 N–H and O–H groups in total. The van der Waals surface area contributed by atoms with E-state index in [9.17, 15) is 9.18 Å². The second-order valence-electron chi connectivity index (χ2n) is 4.37. The van der Waals surface area contributed by atoms with Crippen LogP contribution in [-0.2, 0) is 0 Å². The Kier molecular flexibility index (Phi) is 3.89. The predicted molar refractivity (Wildman–Crippen MR) is 76.5 cm³/mol. The molecule has 0 aromatic heterocycles. The van der Waals surface area contributed by atoms with Crippen molar-refractivity contribution in [2.75, 3.05) is 18.2 Å². The highest BCUT2D eigenvalue weighted by molar-refractivity contribution is 6.04. The van der Waals surface area contributed by atoms with Gasteiger partial charge in [0.25, 0.3) is 5.91 Å². The van der Waals surface area contributed by atoms with E-state index in [4.69, 9.17) is 10.5 Å². The Morgan fingerprint density at radius 3 is 2.60 bits per heavy atom. The first-order chi connectivity index (χ1) is 9.51. The second-order valence-corrected chi connectivity index (χ2v) is 4.37. The van der Waals surface area contributed by atoms with Gasteiger partial charge in [-0.25, -0.2) is 4.39 Å². The number of nitrogen functional groups attached to an aromatic ring is 1. The van der Waals surface area contributed by atoms with Crippen molar-refractivity contribution in [1.82, 2.24) is 0 Å². The monoisotopic (exact) mass is 274 g/mol. The molecule has 0 fully saturated rings. The molecule has 0 atom stereocenters. The molecule has 2 rings (SSSR count). The van der Waals surface area contributed by atoms with Crippen molar-refractivity contribution in [2.24, 2.45) is 0 Å². The molecule has 4 nitrogen and oxygen atoms in total. The molecule has 104 valence electrons. The molecule has 0 saturated carbocycles. The first kappa shape index (κ1) is 13.9. The van der Waals surface area contributed by atoms with Gasteiger partial charge in [0.15, 0.2) is 11.6 Å². The largest absolute Gasteiger partial charge is 0.494 e. The smallest absolute Gasteiger partial charge is 0.255 e. The van der Waals surface area contributed by atoms with E-state index >= 15 is 0 Å². The highest BCUT2D eigenvalue weighted by Gasteiger charge is 2.10. The van der Waals surface area contributed by atoms with Crippen molar-refractivity contribution in [3.63, 3.8) is 0 Å². The summed E-state index contributed by atoms with van der Waals surface area (Å²) in [6.07, 6.45) is 0. The van der Waals surface area contributed by atoms with Gasteiger partial charge in [0.2, 0.25) is 0 Å². The maximum absolute atomic E-state index is 13.5. The van der Waals surface area contributed by atoms with E-state index in [0.717, 1.165) is 11.6 Å². The van der Waals surface area contributed by atoms with Crippen LogP contribution in [0.4, 0.5) is 15.8 Å². The Balaban J connectivity index is 2.19. The lowest BCUT2D eigenvalue weighted by Gasteiger charge is -2.08. The second kappa shape index (κ2) is 5.61. The van der Waals surface area contributed by atoms with Gasteiger partial charge in [0.1, 0.15) is 0 Å². The van der Waals surface area contributed by atoms with Crippen LogP contribution in [-0.4, -0.2) is 13.0 Å². The molecular formula is C15H15FN2O2. The maximum atomic E-state index is 13.5. The average Bonchev–Trinajstić information content (AvgIpc) is 2.42. The van der Waals surface area contributed by atoms with Gasteiger partial charge in [-0.3, -0.25) is 4.79 Å². The van der Waals surface area contributed by atoms with E-state index in [0.29, 0.717) is 11.4 Å².